The number of nitrogens with zero attached hydrogens (tertiary/aromatic N) is 2. The van der Waals surface area contributed by atoms with Gasteiger partial charge in [0, 0.05) is 4.90 Å². The fourth-order valence-corrected chi connectivity index (χ4v) is 5.23. The first-order chi connectivity index (χ1) is 11.7. The van der Waals surface area contributed by atoms with E-state index in [4.69, 9.17) is 4.74 Å². The van der Waals surface area contributed by atoms with Crippen LogP contribution in [0.4, 0.5) is 11.4 Å². The third-order valence-electron chi connectivity index (χ3n) is 3.58. The normalized spacial score (nSPS) is 21.4. The number of esters is 1. The second kappa shape index (κ2) is 6.07. The minimum atomic E-state index is -0.618. The monoisotopic (exact) mass is 357 g/mol. The highest BCUT2D eigenvalue weighted by atomic mass is 32.2. The van der Waals surface area contributed by atoms with Gasteiger partial charge in [0.1, 0.15) is 0 Å². The van der Waals surface area contributed by atoms with Crippen molar-refractivity contribution in [1.82, 2.24) is 0 Å². The summed E-state index contributed by atoms with van der Waals surface area (Å²) in [4.78, 5) is 13.3. The van der Waals surface area contributed by atoms with Crippen molar-refractivity contribution in [3.63, 3.8) is 0 Å². The average molecular weight is 357 g/mol. The number of anilines is 2. The summed E-state index contributed by atoms with van der Waals surface area (Å²) in [5, 5.41) is 10.3. The van der Waals surface area contributed by atoms with Crippen molar-refractivity contribution in [2.75, 3.05) is 16.9 Å². The third kappa shape index (κ3) is 2.53. The minimum absolute atomic E-state index is 0.331. The van der Waals surface area contributed by atoms with E-state index in [1.54, 1.807) is 18.7 Å². The van der Waals surface area contributed by atoms with Crippen LogP contribution in [0.25, 0.3) is 0 Å². The number of fused-ring (bicyclic) bond motifs is 1. The number of para-hydroxylation sites is 2. The molecule has 5 nitrogen and oxygen atoms in total. The Balaban J connectivity index is 1.73. The van der Waals surface area contributed by atoms with Crippen LogP contribution < -0.4 is 10.3 Å². The molecule has 2 heterocycles. The molecule has 2 aliphatic heterocycles. The molecule has 122 valence electrons. The Morgan fingerprint density at radius 1 is 1.17 bits per heavy atom. The number of rotatable bonds is 3. The predicted octanol–water partition coefficient (Wildman–Crippen LogP) is 3.95. The van der Waals surface area contributed by atoms with Gasteiger partial charge in [0.15, 0.2) is 0 Å². The van der Waals surface area contributed by atoms with Crippen molar-refractivity contribution in [2.24, 2.45) is 5.10 Å². The van der Waals surface area contributed by atoms with Gasteiger partial charge >= 0.3 is 5.97 Å². The van der Waals surface area contributed by atoms with Gasteiger partial charge in [0.2, 0.25) is 9.37 Å². The van der Waals surface area contributed by atoms with Crippen molar-refractivity contribution in [3.8, 4) is 0 Å². The molecule has 0 unspecified atom stereocenters. The Hall–Kier alpha value is -2.12. The summed E-state index contributed by atoms with van der Waals surface area (Å²) >= 11 is 3.03. The maximum absolute atomic E-state index is 12.2. The second-order valence-electron chi connectivity index (χ2n) is 5.18. The molecule has 1 N–H and O–H groups in total. The Bertz CT molecular complexity index is 785. The van der Waals surface area contributed by atoms with Crippen LogP contribution in [0.15, 0.2) is 64.6 Å². The van der Waals surface area contributed by atoms with Crippen molar-refractivity contribution in [1.29, 1.82) is 0 Å². The first-order valence-corrected chi connectivity index (χ1v) is 9.21. The number of benzene rings is 2. The van der Waals surface area contributed by atoms with Crippen molar-refractivity contribution < 1.29 is 9.53 Å². The molecule has 2 aliphatic rings. The number of hydrogen-bond donors (Lipinski definition) is 1. The highest BCUT2D eigenvalue weighted by Crippen LogP contribution is 2.56. The smallest absolute Gasteiger partial charge is 0.365 e. The SMILES string of the molecule is CCOC(=O)C1=NN(c2ccccc2)[C@@]2(Nc3ccccc3S2)S1. The highest BCUT2D eigenvalue weighted by molar-refractivity contribution is 8.27. The van der Waals surface area contributed by atoms with Crippen LogP contribution in [-0.4, -0.2) is 21.9 Å². The molecular formula is C17H15N3O2S2. The van der Waals surface area contributed by atoms with Gasteiger partial charge < -0.3 is 10.1 Å². The Morgan fingerprint density at radius 3 is 2.67 bits per heavy atom. The Kier molecular flexibility index (Phi) is 3.90. The Labute approximate surface area is 148 Å². The first-order valence-electron chi connectivity index (χ1n) is 7.58. The van der Waals surface area contributed by atoms with Crippen LogP contribution in [0.1, 0.15) is 6.92 Å². The largest absolute Gasteiger partial charge is 0.461 e. The first kappa shape index (κ1) is 15.4. The zero-order valence-corrected chi connectivity index (χ0v) is 14.6. The fourth-order valence-electron chi connectivity index (χ4n) is 2.57. The molecular weight excluding hydrogens is 342 g/mol. The molecule has 0 amide bonds. The quantitative estimate of drug-likeness (QED) is 0.840. The van der Waals surface area contributed by atoms with E-state index in [2.05, 4.69) is 16.5 Å². The zero-order valence-electron chi connectivity index (χ0n) is 12.9. The number of carbonyl (C=O) groups is 1. The van der Waals surface area contributed by atoms with Crippen LogP contribution >= 0.6 is 23.5 Å². The molecule has 0 saturated heterocycles. The van der Waals surface area contributed by atoms with Gasteiger partial charge in [-0.1, -0.05) is 42.1 Å². The molecule has 7 heteroatoms. The molecule has 0 radical (unpaired) electrons. The number of carbonyl (C=O) groups excluding carboxylic acids is 1. The van der Waals surface area contributed by atoms with Crippen molar-refractivity contribution in [3.05, 3.63) is 54.6 Å². The van der Waals surface area contributed by atoms with Crippen LogP contribution in [0.5, 0.6) is 0 Å². The Morgan fingerprint density at radius 2 is 1.92 bits per heavy atom. The van der Waals surface area contributed by atoms with E-state index in [0.29, 0.717) is 11.7 Å². The van der Waals surface area contributed by atoms with Gasteiger partial charge in [0.25, 0.3) is 0 Å². The number of hydrazone groups is 1. The van der Waals surface area contributed by atoms with Crippen LogP contribution in [0.3, 0.4) is 0 Å². The lowest BCUT2D eigenvalue weighted by Gasteiger charge is -2.32. The summed E-state index contributed by atoms with van der Waals surface area (Å²) in [6, 6.07) is 17.9. The molecule has 1 atom stereocenters. The average Bonchev–Trinajstić information content (AvgIpc) is 3.16. The molecule has 0 fully saturated rings. The van der Waals surface area contributed by atoms with Gasteiger partial charge in [-0.05, 0) is 43.0 Å². The molecule has 24 heavy (non-hydrogen) atoms. The lowest BCUT2D eigenvalue weighted by Crippen LogP contribution is -2.41. The predicted molar refractivity (Wildman–Crippen MR) is 99.2 cm³/mol. The zero-order chi connectivity index (χ0) is 16.6. The highest BCUT2D eigenvalue weighted by Gasteiger charge is 2.51. The lowest BCUT2D eigenvalue weighted by atomic mass is 10.3. The molecule has 0 bridgehead atoms. The molecule has 0 aliphatic carbocycles. The fraction of sp³-hybridized carbons (Fsp3) is 0.176. The van der Waals surface area contributed by atoms with Crippen LogP contribution in [0, 0.1) is 0 Å². The van der Waals surface area contributed by atoms with Crippen molar-refractivity contribution >= 4 is 45.9 Å². The summed E-state index contributed by atoms with van der Waals surface area (Å²) in [6.45, 7) is 2.12. The van der Waals surface area contributed by atoms with E-state index < -0.39 is 10.3 Å². The molecule has 4 rings (SSSR count). The van der Waals surface area contributed by atoms with E-state index in [1.807, 2.05) is 53.5 Å². The molecule has 0 aromatic heterocycles. The molecule has 2 aromatic carbocycles. The lowest BCUT2D eigenvalue weighted by molar-refractivity contribution is -0.134. The van der Waals surface area contributed by atoms with Gasteiger partial charge in [-0.25, -0.2) is 9.80 Å². The van der Waals surface area contributed by atoms with E-state index >= 15 is 0 Å². The van der Waals surface area contributed by atoms with E-state index in [0.717, 1.165) is 16.3 Å². The maximum Gasteiger partial charge on any atom is 0.365 e. The molecule has 0 saturated carbocycles. The standard InChI is InChI=1S/C17H15N3O2S2/c1-2-22-16(21)15-19-20(12-8-4-3-5-9-12)17(24-15)18-13-10-6-7-11-14(13)23-17/h3-11,18H,2H2,1H3/t17-/m1/s1. The number of hydrogen-bond acceptors (Lipinski definition) is 7. The molecule has 1 spiro atoms. The van der Waals surface area contributed by atoms with Crippen LogP contribution in [0.2, 0.25) is 0 Å². The number of ether oxygens (including phenoxy) is 1. The van der Waals surface area contributed by atoms with Crippen molar-refractivity contribution in [2.45, 2.75) is 16.1 Å². The summed E-state index contributed by atoms with van der Waals surface area (Å²) in [6.07, 6.45) is 0. The minimum Gasteiger partial charge on any atom is -0.461 e. The summed E-state index contributed by atoms with van der Waals surface area (Å²) in [7, 11) is 0. The van der Waals surface area contributed by atoms with Gasteiger partial charge in [0.05, 0.1) is 18.0 Å². The topological polar surface area (TPSA) is 53.9 Å². The summed E-state index contributed by atoms with van der Waals surface area (Å²) in [5.74, 6) is -0.390. The van der Waals surface area contributed by atoms with E-state index in [-0.39, 0.29) is 0 Å². The van der Waals surface area contributed by atoms with E-state index in [9.17, 15) is 4.79 Å². The maximum atomic E-state index is 12.2. The van der Waals surface area contributed by atoms with Gasteiger partial charge in [-0.2, -0.15) is 5.10 Å². The third-order valence-corrected chi connectivity index (χ3v) is 6.20. The summed E-state index contributed by atoms with van der Waals surface area (Å²) in [5.41, 5.74) is 1.95. The van der Waals surface area contributed by atoms with E-state index in [1.165, 1.54) is 11.8 Å². The second-order valence-corrected chi connectivity index (χ2v) is 7.85. The molecule has 2 aromatic rings. The van der Waals surface area contributed by atoms with Crippen LogP contribution in [-0.2, 0) is 9.53 Å². The van der Waals surface area contributed by atoms with Gasteiger partial charge in [-0.3, -0.25) is 0 Å². The summed E-state index contributed by atoms with van der Waals surface area (Å²) < 4.78 is 4.52. The number of nitrogens with one attached hydrogen (secondary N) is 1. The number of thioether (sulfide) groups is 2. The van der Waals surface area contributed by atoms with Gasteiger partial charge in [-0.15, -0.1) is 0 Å².